The SMILES string of the molecule is Clc1ccc(CNCCc2cccc3cccnc23)s1. The van der Waals surface area contributed by atoms with E-state index in [2.05, 4.69) is 40.6 Å². The summed E-state index contributed by atoms with van der Waals surface area (Å²) in [5.41, 5.74) is 2.40. The predicted molar refractivity (Wildman–Crippen MR) is 86.5 cm³/mol. The molecule has 0 radical (unpaired) electrons. The largest absolute Gasteiger partial charge is 0.312 e. The van der Waals surface area contributed by atoms with Gasteiger partial charge < -0.3 is 5.32 Å². The van der Waals surface area contributed by atoms with Crippen molar-refractivity contribution in [1.82, 2.24) is 10.3 Å². The van der Waals surface area contributed by atoms with E-state index in [1.54, 1.807) is 11.3 Å². The number of thiophene rings is 1. The molecule has 2 heterocycles. The first-order valence-corrected chi connectivity index (χ1v) is 7.80. The maximum atomic E-state index is 5.92. The molecule has 3 aromatic rings. The maximum Gasteiger partial charge on any atom is 0.0931 e. The van der Waals surface area contributed by atoms with Crippen LogP contribution in [-0.2, 0) is 13.0 Å². The molecule has 4 heteroatoms. The summed E-state index contributed by atoms with van der Waals surface area (Å²) in [5, 5.41) is 4.66. The second-order valence-corrected chi connectivity index (χ2v) is 6.42. The van der Waals surface area contributed by atoms with E-state index in [9.17, 15) is 0 Å². The molecule has 0 atom stereocenters. The molecule has 0 bridgehead atoms. The number of para-hydroxylation sites is 1. The predicted octanol–water partition coefficient (Wildman–Crippen LogP) is 4.28. The van der Waals surface area contributed by atoms with Crippen molar-refractivity contribution in [2.75, 3.05) is 6.54 Å². The zero-order valence-corrected chi connectivity index (χ0v) is 12.5. The topological polar surface area (TPSA) is 24.9 Å². The first kappa shape index (κ1) is 13.6. The summed E-state index contributed by atoms with van der Waals surface area (Å²) in [5.74, 6) is 0. The Labute approximate surface area is 127 Å². The molecule has 2 nitrogen and oxygen atoms in total. The average Bonchev–Trinajstić information content (AvgIpc) is 2.89. The molecule has 3 rings (SSSR count). The molecule has 0 aliphatic rings. The Morgan fingerprint density at radius 2 is 2.00 bits per heavy atom. The number of nitrogens with zero attached hydrogens (tertiary/aromatic N) is 1. The summed E-state index contributed by atoms with van der Waals surface area (Å²) < 4.78 is 0.847. The van der Waals surface area contributed by atoms with Gasteiger partial charge in [-0.3, -0.25) is 4.98 Å². The third-order valence-electron chi connectivity index (χ3n) is 3.22. The molecule has 0 saturated heterocycles. The van der Waals surface area contributed by atoms with Crippen molar-refractivity contribution >= 4 is 33.8 Å². The lowest BCUT2D eigenvalue weighted by Gasteiger charge is -2.06. The lowest BCUT2D eigenvalue weighted by Crippen LogP contribution is -2.16. The Kier molecular flexibility index (Phi) is 4.31. The van der Waals surface area contributed by atoms with Gasteiger partial charge in [-0.2, -0.15) is 0 Å². The second-order valence-electron chi connectivity index (χ2n) is 4.62. The molecule has 0 fully saturated rings. The van der Waals surface area contributed by atoms with Crippen molar-refractivity contribution in [3.63, 3.8) is 0 Å². The fraction of sp³-hybridized carbons (Fsp3) is 0.188. The minimum absolute atomic E-state index is 0.847. The second kappa shape index (κ2) is 6.35. The Bertz CT molecular complexity index is 703. The van der Waals surface area contributed by atoms with Gasteiger partial charge >= 0.3 is 0 Å². The Hall–Kier alpha value is -1.42. The Morgan fingerprint density at radius 1 is 1.10 bits per heavy atom. The number of nitrogens with one attached hydrogen (secondary N) is 1. The van der Waals surface area contributed by atoms with Gasteiger partial charge in [-0.15, -0.1) is 11.3 Å². The quantitative estimate of drug-likeness (QED) is 0.712. The fourth-order valence-electron chi connectivity index (χ4n) is 2.25. The van der Waals surface area contributed by atoms with E-state index in [1.165, 1.54) is 15.8 Å². The van der Waals surface area contributed by atoms with Gasteiger partial charge in [0.25, 0.3) is 0 Å². The van der Waals surface area contributed by atoms with E-state index < -0.39 is 0 Å². The van der Waals surface area contributed by atoms with Crippen LogP contribution in [0.1, 0.15) is 10.4 Å². The van der Waals surface area contributed by atoms with Crippen molar-refractivity contribution in [2.24, 2.45) is 0 Å². The highest BCUT2D eigenvalue weighted by Gasteiger charge is 2.02. The third-order valence-corrected chi connectivity index (χ3v) is 4.45. The highest BCUT2D eigenvalue weighted by atomic mass is 35.5. The number of rotatable bonds is 5. The zero-order chi connectivity index (χ0) is 13.8. The van der Waals surface area contributed by atoms with Crippen molar-refractivity contribution in [2.45, 2.75) is 13.0 Å². The summed E-state index contributed by atoms with van der Waals surface area (Å²) in [6, 6.07) is 14.4. The Morgan fingerprint density at radius 3 is 2.85 bits per heavy atom. The number of fused-ring (bicyclic) bond motifs is 1. The van der Waals surface area contributed by atoms with Crippen LogP contribution in [0, 0.1) is 0 Å². The van der Waals surface area contributed by atoms with Crippen LogP contribution >= 0.6 is 22.9 Å². The molecule has 102 valence electrons. The van der Waals surface area contributed by atoms with Gasteiger partial charge in [0.1, 0.15) is 0 Å². The first-order valence-electron chi connectivity index (χ1n) is 6.60. The molecule has 0 unspecified atom stereocenters. The minimum atomic E-state index is 0.847. The van der Waals surface area contributed by atoms with Crippen LogP contribution in [0.2, 0.25) is 4.34 Å². The van der Waals surface area contributed by atoms with E-state index in [0.717, 1.165) is 29.4 Å². The highest BCUT2D eigenvalue weighted by Crippen LogP contribution is 2.21. The molecule has 2 aromatic heterocycles. The molecule has 20 heavy (non-hydrogen) atoms. The highest BCUT2D eigenvalue weighted by molar-refractivity contribution is 7.16. The normalized spacial score (nSPS) is 11.1. The van der Waals surface area contributed by atoms with Crippen molar-refractivity contribution < 1.29 is 0 Å². The fourth-order valence-corrected chi connectivity index (χ4v) is 3.31. The van der Waals surface area contributed by atoms with Gasteiger partial charge in [0.05, 0.1) is 9.85 Å². The van der Waals surface area contributed by atoms with E-state index in [0.29, 0.717) is 0 Å². The number of hydrogen-bond donors (Lipinski definition) is 1. The number of aromatic nitrogens is 1. The monoisotopic (exact) mass is 302 g/mol. The van der Waals surface area contributed by atoms with Crippen molar-refractivity contribution in [1.29, 1.82) is 0 Å². The smallest absolute Gasteiger partial charge is 0.0931 e. The van der Waals surface area contributed by atoms with Crippen LogP contribution in [-0.4, -0.2) is 11.5 Å². The minimum Gasteiger partial charge on any atom is -0.312 e. The van der Waals surface area contributed by atoms with Gasteiger partial charge in [-0.25, -0.2) is 0 Å². The van der Waals surface area contributed by atoms with Crippen LogP contribution in [0.5, 0.6) is 0 Å². The van der Waals surface area contributed by atoms with E-state index in [1.807, 2.05) is 18.3 Å². The number of pyridine rings is 1. The number of hydrogen-bond acceptors (Lipinski definition) is 3. The maximum absolute atomic E-state index is 5.92. The van der Waals surface area contributed by atoms with Gasteiger partial charge in [0.2, 0.25) is 0 Å². The van der Waals surface area contributed by atoms with E-state index in [4.69, 9.17) is 11.6 Å². The lowest BCUT2D eigenvalue weighted by atomic mass is 10.1. The third kappa shape index (κ3) is 3.18. The molecule has 0 aliphatic heterocycles. The standard InChI is InChI=1S/C16H15ClN2S/c17-15-7-6-14(20-15)11-18-10-8-13-4-1-3-12-5-2-9-19-16(12)13/h1-7,9,18H,8,10-11H2. The van der Waals surface area contributed by atoms with Crippen LogP contribution in [0.15, 0.2) is 48.7 Å². The Balaban J connectivity index is 1.60. The van der Waals surface area contributed by atoms with Crippen molar-refractivity contribution in [3.05, 3.63) is 63.4 Å². The van der Waals surface area contributed by atoms with E-state index >= 15 is 0 Å². The molecular formula is C16H15ClN2S. The molecule has 1 aromatic carbocycles. The van der Waals surface area contributed by atoms with Gasteiger partial charge in [0, 0.05) is 23.0 Å². The summed E-state index contributed by atoms with van der Waals surface area (Å²) in [6.07, 6.45) is 2.83. The molecule has 0 spiro atoms. The number of benzene rings is 1. The lowest BCUT2D eigenvalue weighted by molar-refractivity contribution is 0.695. The summed E-state index contributed by atoms with van der Waals surface area (Å²) >= 11 is 7.54. The van der Waals surface area contributed by atoms with Gasteiger partial charge in [-0.05, 0) is 36.7 Å². The molecule has 0 amide bonds. The molecule has 0 aliphatic carbocycles. The van der Waals surface area contributed by atoms with Crippen LogP contribution in [0.3, 0.4) is 0 Å². The zero-order valence-electron chi connectivity index (χ0n) is 11.0. The number of halogens is 1. The van der Waals surface area contributed by atoms with E-state index in [-0.39, 0.29) is 0 Å². The summed E-state index contributed by atoms with van der Waals surface area (Å²) in [6.45, 7) is 1.81. The van der Waals surface area contributed by atoms with Crippen LogP contribution in [0.4, 0.5) is 0 Å². The van der Waals surface area contributed by atoms with Crippen LogP contribution in [0.25, 0.3) is 10.9 Å². The summed E-state index contributed by atoms with van der Waals surface area (Å²) in [7, 11) is 0. The molecule has 0 saturated carbocycles. The van der Waals surface area contributed by atoms with Gasteiger partial charge in [-0.1, -0.05) is 35.9 Å². The first-order chi connectivity index (χ1) is 9.83. The summed E-state index contributed by atoms with van der Waals surface area (Å²) in [4.78, 5) is 5.75. The molecular weight excluding hydrogens is 288 g/mol. The van der Waals surface area contributed by atoms with Crippen LogP contribution < -0.4 is 5.32 Å². The molecule has 1 N–H and O–H groups in total. The van der Waals surface area contributed by atoms with Crippen molar-refractivity contribution in [3.8, 4) is 0 Å². The van der Waals surface area contributed by atoms with Gasteiger partial charge in [0.15, 0.2) is 0 Å². The average molecular weight is 303 g/mol.